The van der Waals surface area contributed by atoms with Crippen molar-refractivity contribution in [3.05, 3.63) is 0 Å². The van der Waals surface area contributed by atoms with Gasteiger partial charge < -0.3 is 5.32 Å². The Balaban J connectivity index is 1.63. The number of nitrogens with zero attached hydrogens (tertiary/aromatic N) is 1. The molecule has 17 heavy (non-hydrogen) atoms. The van der Waals surface area contributed by atoms with Crippen molar-refractivity contribution in [1.29, 1.82) is 0 Å². The van der Waals surface area contributed by atoms with Crippen LogP contribution in [0, 0.1) is 11.8 Å². The quantitative estimate of drug-likeness (QED) is 0.814. The second-order valence-electron chi connectivity index (χ2n) is 5.84. The van der Waals surface area contributed by atoms with Gasteiger partial charge in [-0.05, 0) is 44.1 Å². The summed E-state index contributed by atoms with van der Waals surface area (Å²) >= 11 is 0. The zero-order valence-corrected chi connectivity index (χ0v) is 11.1. The number of fused-ring (bicyclic) bond motifs is 1. The first kappa shape index (κ1) is 11.9. The summed E-state index contributed by atoms with van der Waals surface area (Å²) < 4.78 is 26.4. The third-order valence-electron chi connectivity index (χ3n) is 4.66. The molecule has 3 rings (SSSR count). The number of nitrogens with one attached hydrogen (secondary N) is 1. The van der Waals surface area contributed by atoms with Crippen molar-refractivity contribution in [2.75, 3.05) is 25.4 Å². The van der Waals surface area contributed by atoms with E-state index >= 15 is 0 Å². The Morgan fingerprint density at radius 2 is 1.76 bits per heavy atom. The first-order chi connectivity index (χ1) is 8.15. The molecule has 3 atom stereocenters. The van der Waals surface area contributed by atoms with Crippen molar-refractivity contribution in [2.45, 2.75) is 38.1 Å². The van der Waals surface area contributed by atoms with Crippen molar-refractivity contribution in [1.82, 2.24) is 9.62 Å². The SMILES string of the molecule is O=S(=O)(CC1CCCN1)N1CC2CCCC2C1. The molecule has 3 unspecified atom stereocenters. The first-order valence-corrected chi connectivity index (χ1v) is 8.47. The van der Waals surface area contributed by atoms with Crippen LogP contribution < -0.4 is 5.32 Å². The molecule has 1 saturated carbocycles. The lowest BCUT2D eigenvalue weighted by Gasteiger charge is -2.19. The Hall–Kier alpha value is -0.130. The van der Waals surface area contributed by atoms with Gasteiger partial charge in [0, 0.05) is 19.1 Å². The fourth-order valence-corrected chi connectivity index (χ4v) is 5.52. The number of rotatable bonds is 3. The highest BCUT2D eigenvalue weighted by atomic mass is 32.2. The number of hydrogen-bond donors (Lipinski definition) is 1. The van der Waals surface area contributed by atoms with Gasteiger partial charge in [0.15, 0.2) is 0 Å². The minimum atomic E-state index is -3.01. The van der Waals surface area contributed by atoms with E-state index in [4.69, 9.17) is 0 Å². The molecule has 3 aliphatic rings. The standard InChI is InChI=1S/C12H22N2O2S/c15-17(16,9-12-5-2-6-13-12)14-7-10-3-1-4-11(10)8-14/h10-13H,1-9H2. The van der Waals surface area contributed by atoms with Crippen molar-refractivity contribution in [3.63, 3.8) is 0 Å². The Labute approximate surface area is 104 Å². The van der Waals surface area contributed by atoms with Gasteiger partial charge in [-0.1, -0.05) is 6.42 Å². The molecule has 1 N–H and O–H groups in total. The maximum atomic E-state index is 12.3. The van der Waals surface area contributed by atoms with Gasteiger partial charge in [0.2, 0.25) is 10.0 Å². The summed E-state index contributed by atoms with van der Waals surface area (Å²) in [6.07, 6.45) is 5.90. The summed E-state index contributed by atoms with van der Waals surface area (Å²) in [7, 11) is -3.01. The molecule has 0 aromatic heterocycles. The van der Waals surface area contributed by atoms with Gasteiger partial charge >= 0.3 is 0 Å². The van der Waals surface area contributed by atoms with Crippen LogP contribution in [0.25, 0.3) is 0 Å². The molecule has 0 spiro atoms. The molecule has 4 nitrogen and oxygen atoms in total. The minimum Gasteiger partial charge on any atom is -0.313 e. The number of hydrogen-bond acceptors (Lipinski definition) is 3. The van der Waals surface area contributed by atoms with Crippen LogP contribution in [-0.2, 0) is 10.0 Å². The van der Waals surface area contributed by atoms with Crippen LogP contribution in [0.2, 0.25) is 0 Å². The van der Waals surface area contributed by atoms with Crippen LogP contribution >= 0.6 is 0 Å². The highest BCUT2D eigenvalue weighted by Gasteiger charge is 2.41. The Morgan fingerprint density at radius 3 is 2.35 bits per heavy atom. The van der Waals surface area contributed by atoms with E-state index in [2.05, 4.69) is 5.32 Å². The topological polar surface area (TPSA) is 49.4 Å². The zero-order chi connectivity index (χ0) is 11.9. The molecule has 0 aromatic carbocycles. The molecule has 5 heteroatoms. The molecule has 2 heterocycles. The normalized spacial score (nSPS) is 38.7. The maximum absolute atomic E-state index is 12.3. The summed E-state index contributed by atoms with van der Waals surface area (Å²) in [4.78, 5) is 0. The summed E-state index contributed by atoms with van der Waals surface area (Å²) in [6, 6.07) is 0.195. The molecule has 0 radical (unpaired) electrons. The van der Waals surface area contributed by atoms with Crippen LogP contribution in [0.3, 0.4) is 0 Å². The Kier molecular flexibility index (Phi) is 3.17. The second-order valence-corrected chi connectivity index (χ2v) is 7.85. The average molecular weight is 258 g/mol. The van der Waals surface area contributed by atoms with E-state index in [9.17, 15) is 8.42 Å². The van der Waals surface area contributed by atoms with Crippen LogP contribution in [0.15, 0.2) is 0 Å². The molecular weight excluding hydrogens is 236 g/mol. The lowest BCUT2D eigenvalue weighted by molar-refractivity contribution is 0.440. The van der Waals surface area contributed by atoms with Crippen molar-refractivity contribution < 1.29 is 8.42 Å². The predicted octanol–water partition coefficient (Wildman–Crippen LogP) is 0.800. The zero-order valence-electron chi connectivity index (χ0n) is 10.3. The highest BCUT2D eigenvalue weighted by Crippen LogP contribution is 2.38. The van der Waals surface area contributed by atoms with E-state index in [0.29, 0.717) is 17.6 Å². The van der Waals surface area contributed by atoms with Gasteiger partial charge in [-0.15, -0.1) is 0 Å². The Bertz CT molecular complexity index is 364. The molecule has 2 saturated heterocycles. The third-order valence-corrected chi connectivity index (χ3v) is 6.57. The molecule has 1 aliphatic carbocycles. The van der Waals surface area contributed by atoms with Crippen molar-refractivity contribution in [2.24, 2.45) is 11.8 Å². The largest absolute Gasteiger partial charge is 0.313 e. The highest BCUT2D eigenvalue weighted by molar-refractivity contribution is 7.89. The smallest absolute Gasteiger partial charge is 0.215 e. The van der Waals surface area contributed by atoms with Crippen LogP contribution in [0.5, 0.6) is 0 Å². The van der Waals surface area contributed by atoms with Gasteiger partial charge in [-0.3, -0.25) is 0 Å². The predicted molar refractivity (Wildman–Crippen MR) is 67.2 cm³/mol. The van der Waals surface area contributed by atoms with E-state index in [-0.39, 0.29) is 6.04 Å². The monoisotopic (exact) mass is 258 g/mol. The number of sulfonamides is 1. The van der Waals surface area contributed by atoms with E-state index in [1.165, 1.54) is 19.3 Å². The molecule has 2 aliphatic heterocycles. The molecule has 98 valence electrons. The lowest BCUT2D eigenvalue weighted by Crippen LogP contribution is -2.39. The molecule has 3 fully saturated rings. The van der Waals surface area contributed by atoms with Crippen LogP contribution in [0.4, 0.5) is 0 Å². The van der Waals surface area contributed by atoms with Gasteiger partial charge in [-0.2, -0.15) is 0 Å². The minimum absolute atomic E-state index is 0.195. The van der Waals surface area contributed by atoms with Crippen molar-refractivity contribution >= 4 is 10.0 Å². The molecule has 0 amide bonds. The Morgan fingerprint density at radius 1 is 1.06 bits per heavy atom. The summed E-state index contributed by atoms with van der Waals surface area (Å²) in [5.41, 5.74) is 0. The molecule has 0 aromatic rings. The van der Waals surface area contributed by atoms with Gasteiger partial charge in [0.05, 0.1) is 5.75 Å². The summed E-state index contributed by atoms with van der Waals surface area (Å²) in [5, 5.41) is 3.28. The fraction of sp³-hybridized carbons (Fsp3) is 1.00. The summed E-state index contributed by atoms with van der Waals surface area (Å²) in [6.45, 7) is 2.56. The molecular formula is C12H22N2O2S. The van der Waals surface area contributed by atoms with Gasteiger partial charge in [0.25, 0.3) is 0 Å². The average Bonchev–Trinajstić information content (AvgIpc) is 2.88. The van der Waals surface area contributed by atoms with Gasteiger partial charge in [-0.25, -0.2) is 12.7 Å². The van der Waals surface area contributed by atoms with Gasteiger partial charge in [0.1, 0.15) is 0 Å². The van der Waals surface area contributed by atoms with Crippen molar-refractivity contribution in [3.8, 4) is 0 Å². The summed E-state index contributed by atoms with van der Waals surface area (Å²) in [5.74, 6) is 1.62. The maximum Gasteiger partial charge on any atom is 0.215 e. The second kappa shape index (κ2) is 4.52. The van der Waals surface area contributed by atoms with E-state index in [1.807, 2.05) is 0 Å². The van der Waals surface area contributed by atoms with Crippen LogP contribution in [-0.4, -0.2) is 44.2 Å². The third kappa shape index (κ3) is 2.37. The molecule has 0 bridgehead atoms. The van der Waals surface area contributed by atoms with E-state index in [0.717, 1.165) is 32.5 Å². The van der Waals surface area contributed by atoms with E-state index in [1.54, 1.807) is 4.31 Å². The fourth-order valence-electron chi connectivity index (χ4n) is 3.68. The first-order valence-electron chi connectivity index (χ1n) is 6.86. The lowest BCUT2D eigenvalue weighted by atomic mass is 10.0. The van der Waals surface area contributed by atoms with Crippen LogP contribution in [0.1, 0.15) is 32.1 Å². The van der Waals surface area contributed by atoms with E-state index < -0.39 is 10.0 Å².